The quantitative estimate of drug-likeness (QED) is 0.886. The van der Waals surface area contributed by atoms with Crippen LogP contribution in [0.5, 0.6) is 5.75 Å². The molecule has 0 aliphatic carbocycles. The van der Waals surface area contributed by atoms with Crippen molar-refractivity contribution < 1.29 is 14.6 Å². The Bertz CT molecular complexity index is 684. The van der Waals surface area contributed by atoms with E-state index in [1.807, 2.05) is 20.8 Å². The third-order valence-electron chi connectivity index (χ3n) is 3.54. The van der Waals surface area contributed by atoms with Crippen LogP contribution in [0.2, 0.25) is 0 Å². The number of aromatic nitrogens is 2. The summed E-state index contributed by atoms with van der Waals surface area (Å²) >= 11 is 0. The van der Waals surface area contributed by atoms with E-state index >= 15 is 0 Å². The Kier molecular flexibility index (Phi) is 5.51. The zero-order chi connectivity index (χ0) is 16.8. The number of nitrogens with zero attached hydrogens (tertiary/aromatic N) is 2. The maximum Gasteiger partial charge on any atom is 0.407 e. The molecule has 122 valence electrons. The third kappa shape index (κ3) is 4.95. The van der Waals surface area contributed by atoms with Gasteiger partial charge in [-0.05, 0) is 38.5 Å². The van der Waals surface area contributed by atoms with Crippen LogP contribution in [-0.4, -0.2) is 27.8 Å². The van der Waals surface area contributed by atoms with Crippen molar-refractivity contribution in [2.75, 3.05) is 6.61 Å². The monoisotopic (exact) mass is 315 g/mol. The molecule has 0 spiro atoms. The fourth-order valence-electron chi connectivity index (χ4n) is 2.06. The average Bonchev–Trinajstić information content (AvgIpc) is 2.51. The van der Waals surface area contributed by atoms with Crippen molar-refractivity contribution in [3.63, 3.8) is 0 Å². The summed E-state index contributed by atoms with van der Waals surface area (Å²) in [5.41, 5.74) is 4.28. The Balaban J connectivity index is 1.77. The van der Waals surface area contributed by atoms with Crippen LogP contribution in [0, 0.1) is 20.8 Å². The first-order valence-electron chi connectivity index (χ1n) is 7.45. The number of nitrogens with one attached hydrogen (secondary N) is 1. The van der Waals surface area contributed by atoms with E-state index in [1.54, 1.807) is 24.3 Å². The van der Waals surface area contributed by atoms with Gasteiger partial charge in [-0.3, -0.25) is 9.97 Å². The molecule has 1 aromatic heterocycles. The molecule has 0 saturated heterocycles. The van der Waals surface area contributed by atoms with Gasteiger partial charge in [0.2, 0.25) is 0 Å². The molecule has 0 bridgehead atoms. The number of alkyl carbamates (subject to hydrolysis) is 1. The highest BCUT2D eigenvalue weighted by Crippen LogP contribution is 2.10. The first-order valence-corrected chi connectivity index (χ1v) is 7.45. The predicted molar refractivity (Wildman–Crippen MR) is 86.2 cm³/mol. The van der Waals surface area contributed by atoms with E-state index in [0.717, 1.165) is 28.3 Å². The molecule has 0 aliphatic rings. The molecular weight excluding hydrogens is 294 g/mol. The highest BCUT2D eigenvalue weighted by molar-refractivity contribution is 5.67. The van der Waals surface area contributed by atoms with Crippen LogP contribution in [0.1, 0.15) is 28.3 Å². The molecule has 0 aliphatic heterocycles. The van der Waals surface area contributed by atoms with E-state index in [9.17, 15) is 9.90 Å². The number of phenols is 1. The van der Waals surface area contributed by atoms with Crippen LogP contribution in [0.3, 0.4) is 0 Å². The molecule has 1 amide bonds. The third-order valence-corrected chi connectivity index (χ3v) is 3.54. The topological polar surface area (TPSA) is 84.3 Å². The number of carbonyl (C=O) groups is 1. The number of carbonyl (C=O) groups excluding carboxylic acids is 1. The summed E-state index contributed by atoms with van der Waals surface area (Å²) in [6.07, 6.45) is 0.110. The molecule has 2 N–H and O–H groups in total. The number of hydrogen-bond donors (Lipinski definition) is 2. The summed E-state index contributed by atoms with van der Waals surface area (Å²) in [6, 6.07) is 6.81. The summed E-state index contributed by atoms with van der Waals surface area (Å²) in [7, 11) is 0. The van der Waals surface area contributed by atoms with Crippen LogP contribution < -0.4 is 5.32 Å². The lowest BCUT2D eigenvalue weighted by molar-refractivity contribution is 0.147. The smallest absolute Gasteiger partial charge is 0.407 e. The van der Waals surface area contributed by atoms with Crippen molar-refractivity contribution in [2.45, 2.75) is 33.7 Å². The van der Waals surface area contributed by atoms with Gasteiger partial charge < -0.3 is 15.2 Å². The highest BCUT2D eigenvalue weighted by Gasteiger charge is 2.08. The van der Waals surface area contributed by atoms with E-state index in [-0.39, 0.29) is 18.9 Å². The van der Waals surface area contributed by atoms with Crippen LogP contribution in [-0.2, 0) is 17.7 Å². The maximum atomic E-state index is 11.7. The zero-order valence-electron chi connectivity index (χ0n) is 13.6. The molecule has 2 rings (SSSR count). The number of benzene rings is 1. The lowest BCUT2D eigenvalue weighted by Crippen LogP contribution is -2.26. The Morgan fingerprint density at radius 1 is 1.09 bits per heavy atom. The lowest BCUT2D eigenvalue weighted by atomic mass is 10.1. The van der Waals surface area contributed by atoms with Gasteiger partial charge in [0.15, 0.2) is 0 Å². The molecule has 23 heavy (non-hydrogen) atoms. The molecule has 0 radical (unpaired) electrons. The van der Waals surface area contributed by atoms with E-state index in [1.165, 1.54) is 0 Å². The summed E-state index contributed by atoms with van der Waals surface area (Å²) < 4.78 is 5.13. The van der Waals surface area contributed by atoms with Gasteiger partial charge in [-0.2, -0.15) is 0 Å². The molecule has 2 aromatic rings. The summed E-state index contributed by atoms with van der Waals surface area (Å²) in [4.78, 5) is 20.5. The van der Waals surface area contributed by atoms with Gasteiger partial charge in [0.25, 0.3) is 0 Å². The van der Waals surface area contributed by atoms with Gasteiger partial charge in [-0.1, -0.05) is 12.1 Å². The Morgan fingerprint density at radius 3 is 2.43 bits per heavy atom. The van der Waals surface area contributed by atoms with Gasteiger partial charge >= 0.3 is 6.09 Å². The fourth-order valence-corrected chi connectivity index (χ4v) is 2.06. The predicted octanol–water partition coefficient (Wildman–Crippen LogP) is 2.58. The van der Waals surface area contributed by atoms with Gasteiger partial charge in [-0.15, -0.1) is 0 Å². The number of amides is 1. The Labute approximate surface area is 135 Å². The number of aromatic hydroxyl groups is 1. The summed E-state index contributed by atoms with van der Waals surface area (Å²) in [5.74, 6) is 0.220. The molecule has 6 nitrogen and oxygen atoms in total. The van der Waals surface area contributed by atoms with Gasteiger partial charge in [0.1, 0.15) is 5.75 Å². The van der Waals surface area contributed by atoms with E-state index in [4.69, 9.17) is 4.74 Å². The largest absolute Gasteiger partial charge is 0.508 e. The minimum atomic E-state index is -0.483. The highest BCUT2D eigenvalue weighted by atomic mass is 16.5. The number of phenolic OH excluding ortho intramolecular Hbond substituents is 1. The van der Waals surface area contributed by atoms with Crippen molar-refractivity contribution in [1.82, 2.24) is 15.3 Å². The summed E-state index contributed by atoms with van der Waals surface area (Å²) in [5, 5.41) is 11.9. The second-order valence-electron chi connectivity index (χ2n) is 5.33. The second-order valence-corrected chi connectivity index (χ2v) is 5.33. The fraction of sp³-hybridized carbons (Fsp3) is 0.353. The number of ether oxygens (including phenoxy) is 1. The molecular formula is C17H21N3O3. The van der Waals surface area contributed by atoms with Crippen LogP contribution >= 0.6 is 0 Å². The standard InChI is InChI=1S/C17H21N3O3/c1-11-12(2)20-16(13(3)19-11)10-18-17(22)23-9-8-14-4-6-15(21)7-5-14/h4-7,21H,8-10H2,1-3H3,(H,18,22). The van der Waals surface area contributed by atoms with Crippen molar-refractivity contribution >= 4 is 6.09 Å². The van der Waals surface area contributed by atoms with Crippen molar-refractivity contribution in [3.8, 4) is 5.75 Å². The van der Waals surface area contributed by atoms with Crippen molar-refractivity contribution in [2.24, 2.45) is 0 Å². The first-order chi connectivity index (χ1) is 11.0. The Hall–Kier alpha value is -2.63. The van der Waals surface area contributed by atoms with E-state index in [0.29, 0.717) is 6.42 Å². The van der Waals surface area contributed by atoms with E-state index < -0.39 is 6.09 Å². The number of aryl methyl sites for hydroxylation is 3. The van der Waals surface area contributed by atoms with Crippen LogP contribution in [0.25, 0.3) is 0 Å². The molecule has 0 atom stereocenters. The maximum absolute atomic E-state index is 11.7. The zero-order valence-corrected chi connectivity index (χ0v) is 13.6. The van der Waals surface area contributed by atoms with E-state index in [2.05, 4.69) is 15.3 Å². The Morgan fingerprint density at radius 2 is 1.74 bits per heavy atom. The van der Waals surface area contributed by atoms with Crippen molar-refractivity contribution in [3.05, 3.63) is 52.6 Å². The second kappa shape index (κ2) is 7.58. The summed E-state index contributed by atoms with van der Waals surface area (Å²) in [6.45, 7) is 6.23. The van der Waals surface area contributed by atoms with Gasteiger partial charge in [-0.25, -0.2) is 4.79 Å². The normalized spacial score (nSPS) is 10.4. The molecule has 0 saturated carbocycles. The van der Waals surface area contributed by atoms with Crippen LogP contribution in [0.4, 0.5) is 4.79 Å². The lowest BCUT2D eigenvalue weighted by Gasteiger charge is -2.10. The van der Waals surface area contributed by atoms with Gasteiger partial charge in [0, 0.05) is 6.42 Å². The molecule has 0 fully saturated rings. The first kappa shape index (κ1) is 16.7. The minimum absolute atomic E-state index is 0.220. The minimum Gasteiger partial charge on any atom is -0.508 e. The molecule has 0 unspecified atom stereocenters. The average molecular weight is 315 g/mol. The molecule has 1 aromatic carbocycles. The van der Waals surface area contributed by atoms with Gasteiger partial charge in [0.05, 0.1) is 35.9 Å². The number of hydrogen-bond acceptors (Lipinski definition) is 5. The SMILES string of the molecule is Cc1nc(C)c(CNC(=O)OCCc2ccc(O)cc2)nc1C. The van der Waals surface area contributed by atoms with Crippen LogP contribution in [0.15, 0.2) is 24.3 Å². The molecule has 1 heterocycles. The molecule has 6 heteroatoms. The van der Waals surface area contributed by atoms with Crippen molar-refractivity contribution in [1.29, 1.82) is 0 Å². The number of rotatable bonds is 5.